The third-order valence-corrected chi connectivity index (χ3v) is 9.80. The van der Waals surface area contributed by atoms with Crippen LogP contribution in [0.4, 0.5) is 0 Å². The molecule has 3 heteroatoms. The minimum atomic E-state index is 0.363. The first-order valence-corrected chi connectivity index (χ1v) is 17.2. The van der Waals surface area contributed by atoms with Crippen molar-refractivity contribution in [3.63, 3.8) is 0 Å². The van der Waals surface area contributed by atoms with Gasteiger partial charge in [-0.15, -0.1) is 0 Å². The van der Waals surface area contributed by atoms with Crippen LogP contribution in [-0.4, -0.2) is 15.3 Å². The van der Waals surface area contributed by atoms with E-state index in [1.165, 1.54) is 0 Å². The summed E-state index contributed by atoms with van der Waals surface area (Å²) in [4.78, 5) is 0. The van der Waals surface area contributed by atoms with Gasteiger partial charge in [0.2, 0.25) is 0 Å². The quantitative estimate of drug-likeness (QED) is 0.182. The summed E-state index contributed by atoms with van der Waals surface area (Å²) in [6.07, 6.45) is 6.62. The van der Waals surface area contributed by atoms with Gasteiger partial charge in [0, 0.05) is 0 Å². The van der Waals surface area contributed by atoms with Crippen LogP contribution in [0.1, 0.15) is 52.6 Å². The van der Waals surface area contributed by atoms with Crippen LogP contribution in [0.25, 0.3) is 33.4 Å². The maximum absolute atomic E-state index is 11.6. The Kier molecular flexibility index (Phi) is 9.29. The van der Waals surface area contributed by atoms with Crippen LogP contribution in [0.3, 0.4) is 0 Å². The molecule has 0 saturated heterocycles. The molecule has 0 aromatic heterocycles. The number of hydrogen-bond acceptors (Lipinski definition) is 3. The fourth-order valence-electron chi connectivity index (χ4n) is 7.22. The summed E-state index contributed by atoms with van der Waals surface area (Å²) in [5.41, 5.74) is 12.3. The van der Waals surface area contributed by atoms with E-state index in [1.54, 1.807) is 0 Å². The summed E-state index contributed by atoms with van der Waals surface area (Å²) in [5.74, 6) is 1.09. The second kappa shape index (κ2) is 14.2. The highest BCUT2D eigenvalue weighted by Crippen LogP contribution is 2.37. The van der Waals surface area contributed by atoms with Gasteiger partial charge in [-0.3, -0.25) is 0 Å². The number of rotatable bonds is 3. The van der Waals surface area contributed by atoms with Gasteiger partial charge >= 0.3 is 0 Å². The van der Waals surface area contributed by atoms with Crippen LogP contribution in [-0.2, 0) is 38.5 Å². The summed E-state index contributed by atoms with van der Waals surface area (Å²) in [6, 6.07) is 43.8. The first-order valence-electron chi connectivity index (χ1n) is 17.2. The fraction of sp³-hybridized carbons (Fsp3) is 0.200. The molecule has 48 heavy (non-hydrogen) atoms. The minimum absolute atomic E-state index is 0.363. The lowest BCUT2D eigenvalue weighted by atomic mass is 9.89. The summed E-state index contributed by atoms with van der Waals surface area (Å²) in [7, 11) is 0. The molecule has 0 aliphatic heterocycles. The monoisotopic (exact) mass is 630 g/mol. The van der Waals surface area contributed by atoms with Gasteiger partial charge in [-0.2, -0.15) is 0 Å². The molecule has 3 nitrogen and oxygen atoms in total. The third kappa shape index (κ3) is 6.87. The van der Waals surface area contributed by atoms with Crippen LogP contribution in [0, 0.1) is 0 Å². The Labute approximate surface area is 283 Å². The SMILES string of the molecule is Oc1c2cc(-c3ccccc3)cc1CCCc1cc(-c3ccccc3)cc(c1O)CCCc1cc(-c3ccccc3)cc(c1O)CCC2. The molecule has 6 bridgehead atoms. The van der Waals surface area contributed by atoms with Crippen LogP contribution >= 0.6 is 0 Å². The molecule has 3 N–H and O–H groups in total. The topological polar surface area (TPSA) is 60.7 Å². The Morgan fingerprint density at radius 2 is 0.479 bits per heavy atom. The zero-order valence-electron chi connectivity index (χ0n) is 27.3. The van der Waals surface area contributed by atoms with Crippen molar-refractivity contribution in [3.8, 4) is 50.6 Å². The molecule has 6 aromatic rings. The van der Waals surface area contributed by atoms with E-state index in [-0.39, 0.29) is 0 Å². The fourth-order valence-corrected chi connectivity index (χ4v) is 7.22. The summed E-state index contributed by atoms with van der Waals surface area (Å²) >= 11 is 0. The average molecular weight is 631 g/mol. The molecule has 0 heterocycles. The van der Waals surface area contributed by atoms with E-state index in [1.807, 2.05) is 54.6 Å². The van der Waals surface area contributed by atoms with Crippen LogP contribution in [0.5, 0.6) is 17.2 Å². The second-order valence-corrected chi connectivity index (χ2v) is 13.1. The van der Waals surface area contributed by atoms with E-state index < -0.39 is 0 Å². The standard InChI is InChI=1S/C45H42O3/c46-43-34-19-10-21-36-27-41(32-15-6-2-7-16-32)29-38(44(36)47)23-12-24-39-30-42(33-17-8-3-9-18-33)28-37(45(39)48)22-11-20-35(43)26-40(25-34)31-13-4-1-5-14-31/h1-9,13-18,25-30,46-48H,10-12,19-24H2. The van der Waals surface area contributed by atoms with Gasteiger partial charge in [-0.05, 0) is 161 Å². The van der Waals surface area contributed by atoms with Crippen molar-refractivity contribution >= 4 is 0 Å². The van der Waals surface area contributed by atoms with Crippen LogP contribution < -0.4 is 0 Å². The molecule has 0 fully saturated rings. The van der Waals surface area contributed by atoms with Gasteiger partial charge in [-0.1, -0.05) is 91.0 Å². The molecule has 0 unspecified atom stereocenters. The third-order valence-electron chi connectivity index (χ3n) is 9.80. The van der Waals surface area contributed by atoms with Gasteiger partial charge in [0.15, 0.2) is 0 Å². The van der Waals surface area contributed by atoms with E-state index in [0.29, 0.717) is 55.8 Å². The Morgan fingerprint density at radius 3 is 0.688 bits per heavy atom. The van der Waals surface area contributed by atoms with Gasteiger partial charge in [-0.25, -0.2) is 0 Å². The van der Waals surface area contributed by atoms with Crippen molar-refractivity contribution in [2.24, 2.45) is 0 Å². The first kappa shape index (κ1) is 31.3. The van der Waals surface area contributed by atoms with Gasteiger partial charge in [0.1, 0.15) is 17.2 Å². The molecule has 6 aromatic carbocycles. The molecule has 240 valence electrons. The smallest absolute Gasteiger partial charge is 0.121 e. The molecule has 0 saturated carbocycles. The highest BCUT2D eigenvalue weighted by Gasteiger charge is 2.17. The molecule has 0 atom stereocenters. The van der Waals surface area contributed by atoms with E-state index in [9.17, 15) is 15.3 Å². The van der Waals surface area contributed by atoms with E-state index in [2.05, 4.69) is 72.8 Å². The Hall–Kier alpha value is -5.28. The van der Waals surface area contributed by atoms with Gasteiger partial charge in [0.25, 0.3) is 0 Å². The summed E-state index contributed by atoms with van der Waals surface area (Å²) in [5, 5.41) is 34.8. The van der Waals surface area contributed by atoms with Crippen LogP contribution in [0.2, 0.25) is 0 Å². The molecule has 0 amide bonds. The molecule has 7 rings (SSSR count). The second-order valence-electron chi connectivity index (χ2n) is 13.1. The molecule has 1 aliphatic carbocycles. The summed E-state index contributed by atoms with van der Waals surface area (Å²) < 4.78 is 0. The number of benzene rings is 6. The van der Waals surface area contributed by atoms with Crippen molar-refractivity contribution in [1.29, 1.82) is 0 Å². The molecule has 0 spiro atoms. The van der Waals surface area contributed by atoms with Crippen molar-refractivity contribution < 1.29 is 15.3 Å². The Balaban J connectivity index is 1.32. The summed E-state index contributed by atoms with van der Waals surface area (Å²) in [6.45, 7) is 0. The number of phenolic OH excluding ortho intramolecular Hbond substituents is 3. The number of fused-ring (bicyclic) bond motifs is 6. The number of aromatic hydroxyl groups is 3. The lowest BCUT2D eigenvalue weighted by Gasteiger charge is -2.17. The van der Waals surface area contributed by atoms with E-state index in [4.69, 9.17) is 0 Å². The maximum atomic E-state index is 11.6. The molecular weight excluding hydrogens is 588 g/mol. The van der Waals surface area contributed by atoms with Crippen molar-refractivity contribution in [2.75, 3.05) is 0 Å². The highest BCUT2D eigenvalue weighted by atomic mass is 16.3. The molecule has 1 aliphatic rings. The number of phenols is 3. The predicted molar refractivity (Wildman–Crippen MR) is 197 cm³/mol. The number of aryl methyl sites for hydroxylation is 6. The largest absolute Gasteiger partial charge is 0.507 e. The Morgan fingerprint density at radius 1 is 0.271 bits per heavy atom. The average Bonchev–Trinajstić information content (AvgIpc) is 3.13. The zero-order valence-corrected chi connectivity index (χ0v) is 27.3. The molecular formula is C45H42O3. The van der Waals surface area contributed by atoms with E-state index >= 15 is 0 Å². The number of hydrogen-bond donors (Lipinski definition) is 3. The van der Waals surface area contributed by atoms with Crippen molar-refractivity contribution in [1.82, 2.24) is 0 Å². The minimum Gasteiger partial charge on any atom is -0.507 e. The lowest BCUT2D eigenvalue weighted by Crippen LogP contribution is -2.01. The van der Waals surface area contributed by atoms with Crippen LogP contribution in [0.15, 0.2) is 127 Å². The lowest BCUT2D eigenvalue weighted by molar-refractivity contribution is 0.452. The predicted octanol–water partition coefficient (Wildman–Crippen LogP) is 10.6. The zero-order chi connectivity index (χ0) is 32.9. The Bertz CT molecular complexity index is 1700. The van der Waals surface area contributed by atoms with Crippen molar-refractivity contribution in [2.45, 2.75) is 57.8 Å². The maximum Gasteiger partial charge on any atom is 0.121 e. The first-order chi connectivity index (χ1) is 23.5. The highest BCUT2D eigenvalue weighted by molar-refractivity contribution is 5.70. The van der Waals surface area contributed by atoms with Gasteiger partial charge < -0.3 is 15.3 Å². The van der Waals surface area contributed by atoms with E-state index in [0.717, 1.165) is 86.0 Å². The van der Waals surface area contributed by atoms with Gasteiger partial charge in [0.05, 0.1) is 0 Å². The molecule has 0 radical (unpaired) electrons. The normalized spacial score (nSPS) is 13.8. The van der Waals surface area contributed by atoms with Crippen molar-refractivity contribution in [3.05, 3.63) is 161 Å².